The Hall–Kier alpha value is -3.10. The van der Waals surface area contributed by atoms with Crippen LogP contribution in [-0.2, 0) is 21.4 Å². The van der Waals surface area contributed by atoms with Crippen molar-refractivity contribution in [1.29, 1.82) is 0 Å². The number of ether oxygens (including phenoxy) is 2. The number of sulfonamides is 1. The molecular formula is C22H29FN8O4S. The van der Waals surface area contributed by atoms with Crippen molar-refractivity contribution in [3.63, 3.8) is 0 Å². The fourth-order valence-corrected chi connectivity index (χ4v) is 5.48. The molecule has 14 heteroatoms. The van der Waals surface area contributed by atoms with E-state index in [1.165, 1.54) is 17.7 Å². The second-order valence-corrected chi connectivity index (χ2v) is 10.8. The zero-order valence-corrected chi connectivity index (χ0v) is 21.3. The third-order valence-electron chi connectivity index (χ3n) is 6.61. The van der Waals surface area contributed by atoms with Crippen LogP contribution in [0.2, 0.25) is 0 Å². The molecule has 4 heterocycles. The highest BCUT2D eigenvalue weighted by atomic mass is 32.2. The number of para-hydroxylation sites is 1. The molecule has 2 fully saturated rings. The number of hydrogen-bond acceptors (Lipinski definition) is 10. The van der Waals surface area contributed by atoms with Crippen LogP contribution in [0, 0.1) is 0 Å². The molecule has 36 heavy (non-hydrogen) atoms. The standard InChI is InChI=1S/C22H29FN8O4S/c1-28(15-7-8-30(14-15)36(3,32)33)20-25-21(29-9-11-35-12-10-29)27-22(26-20)31-16-5-4-6-17(34-2)19(16)24-18(31)13-23/h4-6,15H,7-14H2,1-3H3. The summed E-state index contributed by atoms with van der Waals surface area (Å²) in [5.41, 5.74) is 1.12. The van der Waals surface area contributed by atoms with Gasteiger partial charge in [0.05, 0.1) is 32.1 Å². The molecule has 2 saturated heterocycles. The number of nitrogens with zero attached hydrogens (tertiary/aromatic N) is 8. The van der Waals surface area contributed by atoms with Crippen LogP contribution in [0.25, 0.3) is 17.0 Å². The Balaban J connectivity index is 1.61. The minimum Gasteiger partial charge on any atom is -0.494 e. The number of alkyl halides is 1. The molecule has 2 aliphatic heterocycles. The lowest BCUT2D eigenvalue weighted by Gasteiger charge is -2.29. The number of aromatic nitrogens is 5. The lowest BCUT2D eigenvalue weighted by Crippen LogP contribution is -2.39. The number of anilines is 2. The van der Waals surface area contributed by atoms with E-state index in [0.717, 1.165) is 0 Å². The molecule has 12 nitrogen and oxygen atoms in total. The van der Waals surface area contributed by atoms with Gasteiger partial charge in [-0.1, -0.05) is 6.07 Å². The van der Waals surface area contributed by atoms with Gasteiger partial charge in [0.25, 0.3) is 0 Å². The minimum absolute atomic E-state index is 0.118. The fourth-order valence-electron chi connectivity index (χ4n) is 4.60. The SMILES string of the molecule is COc1cccc2c1nc(CF)n2-c1nc(N2CCOCC2)nc(N(C)C2CCN(S(C)(=O)=O)C2)n1. The average Bonchev–Trinajstić information content (AvgIpc) is 3.54. The number of hydrogen-bond donors (Lipinski definition) is 0. The monoisotopic (exact) mass is 520 g/mol. The number of fused-ring (bicyclic) bond motifs is 1. The van der Waals surface area contributed by atoms with Crippen molar-refractivity contribution >= 4 is 33.0 Å². The van der Waals surface area contributed by atoms with Gasteiger partial charge < -0.3 is 19.3 Å². The number of methoxy groups -OCH3 is 1. The number of morpholine rings is 1. The van der Waals surface area contributed by atoms with Crippen LogP contribution in [0.15, 0.2) is 18.2 Å². The first-order valence-electron chi connectivity index (χ1n) is 11.7. The van der Waals surface area contributed by atoms with Gasteiger partial charge in [0, 0.05) is 39.3 Å². The van der Waals surface area contributed by atoms with E-state index in [1.807, 2.05) is 22.9 Å². The van der Waals surface area contributed by atoms with Crippen molar-refractivity contribution in [1.82, 2.24) is 28.8 Å². The molecule has 194 valence electrons. The van der Waals surface area contributed by atoms with Crippen LogP contribution in [0.1, 0.15) is 12.2 Å². The quantitative estimate of drug-likeness (QED) is 0.446. The summed E-state index contributed by atoms with van der Waals surface area (Å²) in [7, 11) is 0.0810. The van der Waals surface area contributed by atoms with Crippen molar-refractivity contribution in [2.45, 2.75) is 19.1 Å². The van der Waals surface area contributed by atoms with E-state index in [0.29, 0.717) is 74.5 Å². The Morgan fingerprint density at radius 2 is 1.89 bits per heavy atom. The molecular weight excluding hydrogens is 491 g/mol. The molecule has 5 rings (SSSR count). The van der Waals surface area contributed by atoms with E-state index >= 15 is 0 Å². The van der Waals surface area contributed by atoms with Gasteiger partial charge in [-0.25, -0.2) is 22.1 Å². The van der Waals surface area contributed by atoms with E-state index in [4.69, 9.17) is 24.4 Å². The Bertz CT molecular complexity index is 1360. The van der Waals surface area contributed by atoms with Gasteiger partial charge in [0.15, 0.2) is 0 Å². The van der Waals surface area contributed by atoms with Crippen molar-refractivity contribution in [2.24, 2.45) is 0 Å². The van der Waals surface area contributed by atoms with Crippen molar-refractivity contribution in [3.05, 3.63) is 24.0 Å². The van der Waals surface area contributed by atoms with Crippen LogP contribution in [-0.4, -0.2) is 103 Å². The molecule has 2 aromatic heterocycles. The normalized spacial score (nSPS) is 19.2. The van der Waals surface area contributed by atoms with E-state index in [9.17, 15) is 12.8 Å². The Morgan fingerprint density at radius 1 is 1.14 bits per heavy atom. The van der Waals surface area contributed by atoms with E-state index in [-0.39, 0.29) is 17.8 Å². The van der Waals surface area contributed by atoms with Crippen molar-refractivity contribution in [3.8, 4) is 11.7 Å². The highest BCUT2D eigenvalue weighted by molar-refractivity contribution is 7.88. The van der Waals surface area contributed by atoms with Crippen LogP contribution < -0.4 is 14.5 Å². The largest absolute Gasteiger partial charge is 0.494 e. The molecule has 0 aliphatic carbocycles. The minimum atomic E-state index is -3.29. The van der Waals surface area contributed by atoms with Crippen LogP contribution >= 0.6 is 0 Å². The Labute approximate surface area is 208 Å². The summed E-state index contributed by atoms with van der Waals surface area (Å²) in [6, 6.07) is 5.26. The molecule has 1 aromatic carbocycles. The van der Waals surface area contributed by atoms with Crippen LogP contribution in [0.4, 0.5) is 16.3 Å². The lowest BCUT2D eigenvalue weighted by atomic mass is 10.2. The predicted molar refractivity (Wildman–Crippen MR) is 132 cm³/mol. The molecule has 0 amide bonds. The first-order chi connectivity index (χ1) is 17.3. The summed E-state index contributed by atoms with van der Waals surface area (Å²) in [6.45, 7) is 2.23. The van der Waals surface area contributed by atoms with E-state index < -0.39 is 16.7 Å². The summed E-state index contributed by atoms with van der Waals surface area (Å²) >= 11 is 0. The second kappa shape index (κ2) is 9.75. The third-order valence-corrected chi connectivity index (χ3v) is 7.88. The van der Waals surface area contributed by atoms with Gasteiger partial charge in [-0.05, 0) is 18.6 Å². The summed E-state index contributed by atoms with van der Waals surface area (Å²) in [6.07, 6.45) is 1.85. The Kier molecular flexibility index (Phi) is 6.66. The Morgan fingerprint density at radius 3 is 2.56 bits per heavy atom. The average molecular weight is 521 g/mol. The molecule has 0 bridgehead atoms. The number of rotatable bonds is 7. The highest BCUT2D eigenvalue weighted by Gasteiger charge is 2.33. The van der Waals surface area contributed by atoms with Gasteiger partial charge in [-0.2, -0.15) is 15.0 Å². The van der Waals surface area contributed by atoms with E-state index in [2.05, 4.69) is 4.98 Å². The number of halogens is 1. The van der Waals surface area contributed by atoms with Crippen LogP contribution in [0.3, 0.4) is 0 Å². The molecule has 1 atom stereocenters. The molecule has 1 unspecified atom stereocenters. The highest BCUT2D eigenvalue weighted by Crippen LogP contribution is 2.30. The summed E-state index contributed by atoms with van der Waals surface area (Å²) in [5.74, 6) is 1.71. The maximum atomic E-state index is 14.2. The molecule has 3 aromatic rings. The van der Waals surface area contributed by atoms with Gasteiger partial charge in [-0.3, -0.25) is 4.57 Å². The smallest absolute Gasteiger partial charge is 0.242 e. The number of imidazole rings is 1. The van der Waals surface area contributed by atoms with Crippen LogP contribution in [0.5, 0.6) is 5.75 Å². The second-order valence-electron chi connectivity index (χ2n) is 8.83. The topological polar surface area (TPSA) is 119 Å². The molecule has 0 spiro atoms. The van der Waals surface area contributed by atoms with Crippen molar-refractivity contribution < 1.29 is 22.3 Å². The molecule has 0 N–H and O–H groups in total. The zero-order chi connectivity index (χ0) is 25.4. The third kappa shape index (κ3) is 4.55. The maximum absolute atomic E-state index is 14.2. The molecule has 2 aliphatic rings. The summed E-state index contributed by atoms with van der Waals surface area (Å²) in [4.78, 5) is 22.5. The lowest BCUT2D eigenvalue weighted by molar-refractivity contribution is 0.122. The van der Waals surface area contributed by atoms with Gasteiger partial charge in [0.2, 0.25) is 27.9 Å². The molecule has 0 saturated carbocycles. The summed E-state index contributed by atoms with van der Waals surface area (Å²) < 4.78 is 52.2. The maximum Gasteiger partial charge on any atom is 0.242 e. The fraction of sp³-hybridized carbons (Fsp3) is 0.545. The number of likely N-dealkylation sites (N-methyl/N-ethyl adjacent to an activating group) is 1. The predicted octanol–water partition coefficient (Wildman–Crippen LogP) is 0.995. The van der Waals surface area contributed by atoms with Gasteiger partial charge >= 0.3 is 0 Å². The molecule has 0 radical (unpaired) electrons. The van der Waals surface area contributed by atoms with Gasteiger partial charge in [0.1, 0.15) is 23.8 Å². The summed E-state index contributed by atoms with van der Waals surface area (Å²) in [5, 5.41) is 0. The number of benzene rings is 1. The first-order valence-corrected chi connectivity index (χ1v) is 13.5. The van der Waals surface area contributed by atoms with Crippen molar-refractivity contribution in [2.75, 3.05) is 69.6 Å². The van der Waals surface area contributed by atoms with E-state index in [1.54, 1.807) is 16.7 Å². The first kappa shape index (κ1) is 24.6. The van der Waals surface area contributed by atoms with Gasteiger partial charge in [-0.15, -0.1) is 0 Å². The zero-order valence-electron chi connectivity index (χ0n) is 20.5.